The topological polar surface area (TPSA) is 21.3 Å². The maximum Gasteiger partial charge on any atom is 0.119 e. The molecule has 3 aliphatic rings. The van der Waals surface area contributed by atoms with E-state index in [-0.39, 0.29) is 0 Å². The second-order valence-electron chi connectivity index (χ2n) is 6.55. The van der Waals surface area contributed by atoms with Crippen LogP contribution in [-0.2, 0) is 11.8 Å². The molecule has 0 spiro atoms. The number of fused-ring (bicyclic) bond motifs is 1. The molecular formula is C17H23NO. The summed E-state index contributed by atoms with van der Waals surface area (Å²) in [6.07, 6.45) is 8.15. The van der Waals surface area contributed by atoms with Gasteiger partial charge in [0.15, 0.2) is 0 Å². The van der Waals surface area contributed by atoms with Crippen molar-refractivity contribution in [2.45, 2.75) is 50.0 Å². The van der Waals surface area contributed by atoms with E-state index in [1.807, 2.05) is 0 Å². The first kappa shape index (κ1) is 11.8. The number of nitrogens with one attached hydrogen (secondary N) is 1. The summed E-state index contributed by atoms with van der Waals surface area (Å²) in [7, 11) is 1.78. The van der Waals surface area contributed by atoms with Gasteiger partial charge in [-0.2, -0.15) is 0 Å². The SMILES string of the molecule is COc1ccc2c(c1)C13CCCC[C@@H]1C(C2)NCC3. The third kappa shape index (κ3) is 1.59. The monoisotopic (exact) mass is 257 g/mol. The standard InChI is InChI=1S/C17H23NO/c1-19-13-6-5-12-10-16-14-4-2-3-7-17(14,8-9-18-16)15(12)11-13/h5-6,11,14,16,18H,2-4,7-10H2,1H3/t14-,16?,17?/m1/s1. The first-order valence-corrected chi connectivity index (χ1v) is 7.74. The largest absolute Gasteiger partial charge is 0.497 e. The molecule has 1 aromatic rings. The number of rotatable bonds is 1. The Morgan fingerprint density at radius 1 is 1.26 bits per heavy atom. The van der Waals surface area contributed by atoms with E-state index < -0.39 is 0 Å². The van der Waals surface area contributed by atoms with E-state index in [1.54, 1.807) is 18.2 Å². The maximum atomic E-state index is 5.48. The highest BCUT2D eigenvalue weighted by Crippen LogP contribution is 2.54. The normalized spacial score (nSPS) is 36.3. The molecule has 1 saturated heterocycles. The Morgan fingerprint density at radius 2 is 2.21 bits per heavy atom. The van der Waals surface area contributed by atoms with Crippen LogP contribution in [0.15, 0.2) is 18.2 Å². The van der Waals surface area contributed by atoms with Gasteiger partial charge < -0.3 is 10.1 Å². The molecule has 4 rings (SSSR count). The Hall–Kier alpha value is -1.02. The summed E-state index contributed by atoms with van der Waals surface area (Å²) in [6.45, 7) is 1.19. The van der Waals surface area contributed by atoms with Crippen molar-refractivity contribution in [3.05, 3.63) is 29.3 Å². The van der Waals surface area contributed by atoms with E-state index >= 15 is 0 Å². The quantitative estimate of drug-likeness (QED) is 0.835. The molecule has 2 fully saturated rings. The summed E-state index contributed by atoms with van der Waals surface area (Å²) in [6, 6.07) is 7.50. The van der Waals surface area contributed by atoms with Gasteiger partial charge in [-0.15, -0.1) is 0 Å². The molecule has 2 heteroatoms. The summed E-state index contributed by atoms with van der Waals surface area (Å²) in [5, 5.41) is 3.78. The Morgan fingerprint density at radius 3 is 3.11 bits per heavy atom. The third-order valence-electron chi connectivity index (χ3n) is 5.85. The molecule has 2 unspecified atom stereocenters. The molecule has 0 aromatic heterocycles. The van der Waals surface area contributed by atoms with Gasteiger partial charge in [-0.3, -0.25) is 0 Å². The van der Waals surface area contributed by atoms with Gasteiger partial charge in [0.1, 0.15) is 5.75 Å². The van der Waals surface area contributed by atoms with Crippen LogP contribution in [0.25, 0.3) is 0 Å². The lowest BCUT2D eigenvalue weighted by atomic mass is 9.53. The van der Waals surface area contributed by atoms with Crippen LogP contribution in [0.4, 0.5) is 0 Å². The van der Waals surface area contributed by atoms with Gasteiger partial charge >= 0.3 is 0 Å². The zero-order chi connectivity index (χ0) is 12.9. The van der Waals surface area contributed by atoms with Crippen LogP contribution in [0.2, 0.25) is 0 Å². The molecule has 1 aromatic carbocycles. The summed E-state index contributed by atoms with van der Waals surface area (Å²) in [5.74, 6) is 1.89. The fourth-order valence-electron chi connectivity index (χ4n) is 5.03. The van der Waals surface area contributed by atoms with Crippen LogP contribution in [0, 0.1) is 5.92 Å². The van der Waals surface area contributed by atoms with Crippen molar-refractivity contribution >= 4 is 0 Å². The summed E-state index contributed by atoms with van der Waals surface area (Å²) < 4.78 is 5.48. The first-order valence-electron chi connectivity index (χ1n) is 7.74. The van der Waals surface area contributed by atoms with Crippen molar-refractivity contribution < 1.29 is 4.74 Å². The predicted octanol–water partition coefficient (Wildman–Crippen LogP) is 3.04. The van der Waals surface area contributed by atoms with E-state index in [1.165, 1.54) is 45.1 Å². The minimum Gasteiger partial charge on any atom is -0.497 e. The summed E-state index contributed by atoms with van der Waals surface area (Å²) in [5.41, 5.74) is 3.64. The third-order valence-corrected chi connectivity index (χ3v) is 5.85. The molecule has 1 saturated carbocycles. The fourth-order valence-corrected chi connectivity index (χ4v) is 5.03. The molecule has 2 nitrogen and oxygen atoms in total. The van der Waals surface area contributed by atoms with Crippen LogP contribution in [0.5, 0.6) is 5.75 Å². The molecule has 3 atom stereocenters. The zero-order valence-corrected chi connectivity index (χ0v) is 11.7. The minimum absolute atomic E-state index is 0.455. The van der Waals surface area contributed by atoms with Gasteiger partial charge in [0.05, 0.1) is 7.11 Å². The van der Waals surface area contributed by atoms with Crippen molar-refractivity contribution in [1.82, 2.24) is 5.32 Å². The van der Waals surface area contributed by atoms with E-state index in [0.717, 1.165) is 17.7 Å². The molecule has 0 amide bonds. The number of methoxy groups -OCH3 is 1. The minimum atomic E-state index is 0.455. The second kappa shape index (κ2) is 4.24. The van der Waals surface area contributed by atoms with Crippen LogP contribution < -0.4 is 10.1 Å². The Labute approximate surface area is 115 Å². The van der Waals surface area contributed by atoms with E-state index in [9.17, 15) is 0 Å². The summed E-state index contributed by atoms with van der Waals surface area (Å²) >= 11 is 0. The van der Waals surface area contributed by atoms with Crippen LogP contribution >= 0.6 is 0 Å². The number of benzene rings is 1. The van der Waals surface area contributed by atoms with Gasteiger partial charge in [-0.05, 0) is 61.4 Å². The van der Waals surface area contributed by atoms with Gasteiger partial charge in [0, 0.05) is 11.5 Å². The summed E-state index contributed by atoms with van der Waals surface area (Å²) in [4.78, 5) is 0. The van der Waals surface area contributed by atoms with Crippen molar-refractivity contribution in [3.63, 3.8) is 0 Å². The van der Waals surface area contributed by atoms with E-state index in [0.29, 0.717) is 5.41 Å². The Bertz CT molecular complexity index is 494. The lowest BCUT2D eigenvalue weighted by Gasteiger charge is -2.56. The molecule has 0 radical (unpaired) electrons. The molecule has 102 valence electrons. The van der Waals surface area contributed by atoms with Crippen molar-refractivity contribution in [2.75, 3.05) is 13.7 Å². The lowest BCUT2D eigenvalue weighted by molar-refractivity contribution is 0.0795. The highest BCUT2D eigenvalue weighted by molar-refractivity contribution is 5.45. The second-order valence-corrected chi connectivity index (χ2v) is 6.55. The fraction of sp³-hybridized carbons (Fsp3) is 0.647. The molecule has 1 aliphatic heterocycles. The van der Waals surface area contributed by atoms with Gasteiger partial charge in [-0.1, -0.05) is 18.9 Å². The number of hydrogen-bond donors (Lipinski definition) is 1. The van der Waals surface area contributed by atoms with E-state index in [4.69, 9.17) is 4.74 Å². The van der Waals surface area contributed by atoms with Gasteiger partial charge in [0.25, 0.3) is 0 Å². The highest BCUT2D eigenvalue weighted by Gasteiger charge is 2.51. The smallest absolute Gasteiger partial charge is 0.119 e. The maximum absolute atomic E-state index is 5.48. The van der Waals surface area contributed by atoms with Crippen LogP contribution in [-0.4, -0.2) is 19.7 Å². The predicted molar refractivity (Wildman–Crippen MR) is 76.7 cm³/mol. The molecule has 2 aliphatic carbocycles. The Balaban J connectivity index is 1.88. The molecule has 2 bridgehead atoms. The molecule has 1 heterocycles. The van der Waals surface area contributed by atoms with Crippen molar-refractivity contribution in [3.8, 4) is 5.75 Å². The van der Waals surface area contributed by atoms with Gasteiger partial charge in [-0.25, -0.2) is 0 Å². The van der Waals surface area contributed by atoms with Crippen LogP contribution in [0.1, 0.15) is 43.2 Å². The van der Waals surface area contributed by atoms with E-state index in [2.05, 4.69) is 23.5 Å². The van der Waals surface area contributed by atoms with Crippen LogP contribution in [0.3, 0.4) is 0 Å². The lowest BCUT2D eigenvalue weighted by Crippen LogP contribution is -2.59. The average molecular weight is 257 g/mol. The van der Waals surface area contributed by atoms with Crippen molar-refractivity contribution in [2.24, 2.45) is 5.92 Å². The highest BCUT2D eigenvalue weighted by atomic mass is 16.5. The number of piperidine rings is 1. The molecule has 1 N–H and O–H groups in total. The van der Waals surface area contributed by atoms with Gasteiger partial charge in [0.2, 0.25) is 0 Å². The Kier molecular flexibility index (Phi) is 2.63. The molecular weight excluding hydrogens is 234 g/mol. The average Bonchev–Trinajstić information content (AvgIpc) is 2.47. The first-order chi connectivity index (χ1) is 9.33. The van der Waals surface area contributed by atoms with Crippen molar-refractivity contribution in [1.29, 1.82) is 0 Å². The number of ether oxygens (including phenoxy) is 1. The number of hydrogen-bond acceptors (Lipinski definition) is 2. The zero-order valence-electron chi connectivity index (χ0n) is 11.7. The molecule has 19 heavy (non-hydrogen) atoms.